The second-order valence-electron chi connectivity index (χ2n) is 4.95. The molecule has 0 aliphatic carbocycles. The van der Waals surface area contributed by atoms with E-state index < -0.39 is 5.97 Å². The van der Waals surface area contributed by atoms with Crippen molar-refractivity contribution in [1.29, 1.82) is 0 Å². The summed E-state index contributed by atoms with van der Waals surface area (Å²) in [5.41, 5.74) is 0.543. The number of aromatic nitrogens is 4. The van der Waals surface area contributed by atoms with E-state index in [1.54, 1.807) is 13.0 Å². The molecule has 0 atom stereocenters. The van der Waals surface area contributed by atoms with Crippen molar-refractivity contribution in [3.05, 3.63) is 23.3 Å². The first-order chi connectivity index (χ1) is 7.79. The quantitative estimate of drug-likeness (QED) is 0.807. The molecule has 0 aliphatic heterocycles. The number of carbonyl (C=O) groups is 1. The van der Waals surface area contributed by atoms with Crippen LogP contribution in [0.2, 0.25) is 0 Å². The van der Waals surface area contributed by atoms with Crippen molar-refractivity contribution < 1.29 is 9.90 Å². The van der Waals surface area contributed by atoms with E-state index in [-0.39, 0.29) is 11.1 Å². The zero-order valence-electron chi connectivity index (χ0n) is 10.2. The van der Waals surface area contributed by atoms with Crippen LogP contribution in [-0.2, 0) is 5.41 Å². The Labute approximate surface area is 98.3 Å². The summed E-state index contributed by atoms with van der Waals surface area (Å²) in [6, 6.07) is 1.55. The number of hydrogen-bond donors (Lipinski definition) is 1. The molecule has 0 unspecified atom stereocenters. The van der Waals surface area contributed by atoms with Gasteiger partial charge in [-0.3, -0.25) is 0 Å². The largest absolute Gasteiger partial charge is 0.477 e. The van der Waals surface area contributed by atoms with Crippen LogP contribution in [0.15, 0.2) is 6.07 Å². The molecule has 0 saturated heterocycles. The van der Waals surface area contributed by atoms with Gasteiger partial charge in [0, 0.05) is 5.41 Å². The fourth-order valence-corrected chi connectivity index (χ4v) is 1.51. The molecule has 0 radical (unpaired) electrons. The Morgan fingerprint density at radius 2 is 2.00 bits per heavy atom. The number of carboxylic acid groups (broad SMARTS) is 1. The van der Waals surface area contributed by atoms with Gasteiger partial charge in [0.15, 0.2) is 5.69 Å². The van der Waals surface area contributed by atoms with Crippen LogP contribution in [0.5, 0.6) is 0 Å². The van der Waals surface area contributed by atoms with Gasteiger partial charge in [0.25, 0.3) is 5.78 Å². The first-order valence-corrected chi connectivity index (χ1v) is 5.27. The lowest BCUT2D eigenvalue weighted by Gasteiger charge is -2.17. The molecule has 2 aromatic rings. The fraction of sp³-hybridized carbons (Fsp3) is 0.455. The lowest BCUT2D eigenvalue weighted by Crippen LogP contribution is -2.18. The van der Waals surface area contributed by atoms with Gasteiger partial charge in [-0.2, -0.15) is 9.50 Å². The zero-order chi connectivity index (χ0) is 12.8. The third kappa shape index (κ3) is 1.98. The number of hydrogen-bond acceptors (Lipinski definition) is 4. The summed E-state index contributed by atoms with van der Waals surface area (Å²) < 4.78 is 1.26. The minimum absolute atomic E-state index is 0.0838. The van der Waals surface area contributed by atoms with E-state index in [0.717, 1.165) is 0 Å². The Morgan fingerprint density at radius 3 is 2.53 bits per heavy atom. The molecule has 0 saturated carbocycles. The van der Waals surface area contributed by atoms with Crippen LogP contribution in [0.25, 0.3) is 5.78 Å². The van der Waals surface area contributed by atoms with Gasteiger partial charge < -0.3 is 5.11 Å². The van der Waals surface area contributed by atoms with Crippen molar-refractivity contribution in [2.24, 2.45) is 0 Å². The van der Waals surface area contributed by atoms with E-state index in [2.05, 4.69) is 15.1 Å². The molecule has 2 heterocycles. The number of aromatic carboxylic acids is 1. The lowest BCUT2D eigenvalue weighted by atomic mass is 9.91. The van der Waals surface area contributed by atoms with Crippen molar-refractivity contribution in [3.8, 4) is 0 Å². The highest BCUT2D eigenvalue weighted by molar-refractivity contribution is 5.86. The van der Waals surface area contributed by atoms with Crippen LogP contribution in [0.3, 0.4) is 0 Å². The molecule has 6 nitrogen and oxygen atoms in total. The summed E-state index contributed by atoms with van der Waals surface area (Å²) in [4.78, 5) is 19.6. The third-order valence-electron chi connectivity index (χ3n) is 2.41. The van der Waals surface area contributed by atoms with Crippen LogP contribution < -0.4 is 0 Å². The summed E-state index contributed by atoms with van der Waals surface area (Å²) in [5.74, 6) is -0.203. The van der Waals surface area contributed by atoms with Crippen molar-refractivity contribution in [1.82, 2.24) is 19.6 Å². The molecule has 2 aromatic heterocycles. The Kier molecular flexibility index (Phi) is 2.38. The Balaban J connectivity index is 2.80. The first-order valence-electron chi connectivity index (χ1n) is 5.27. The molecule has 0 spiro atoms. The van der Waals surface area contributed by atoms with Gasteiger partial charge in [-0.15, -0.1) is 5.10 Å². The summed E-state index contributed by atoms with van der Waals surface area (Å²) in [7, 11) is 0. The zero-order valence-corrected chi connectivity index (χ0v) is 10.2. The van der Waals surface area contributed by atoms with E-state index >= 15 is 0 Å². The van der Waals surface area contributed by atoms with Gasteiger partial charge in [-0.25, -0.2) is 9.78 Å². The molecule has 0 bridgehead atoms. The van der Waals surface area contributed by atoms with Crippen LogP contribution in [0.4, 0.5) is 0 Å². The smallest absolute Gasteiger partial charge is 0.354 e. The van der Waals surface area contributed by atoms with Crippen molar-refractivity contribution in [2.75, 3.05) is 0 Å². The average Bonchev–Trinajstić information content (AvgIpc) is 2.54. The molecular formula is C11H14N4O2. The molecule has 1 N–H and O–H groups in total. The standard InChI is InChI=1S/C11H14N4O2/c1-6-12-10-13-8(11(2,3)4)5-7(9(16)17)15(10)14-6/h5H,1-4H3,(H,16,17). The molecule has 6 heteroatoms. The third-order valence-corrected chi connectivity index (χ3v) is 2.41. The lowest BCUT2D eigenvalue weighted by molar-refractivity contribution is 0.0687. The molecule has 0 fully saturated rings. The van der Waals surface area contributed by atoms with Gasteiger partial charge in [-0.1, -0.05) is 20.8 Å². The van der Waals surface area contributed by atoms with Crippen molar-refractivity contribution >= 4 is 11.7 Å². The summed E-state index contributed by atoms with van der Waals surface area (Å²) in [5, 5.41) is 13.2. The average molecular weight is 234 g/mol. The minimum Gasteiger partial charge on any atom is -0.477 e. The van der Waals surface area contributed by atoms with Gasteiger partial charge in [-0.05, 0) is 13.0 Å². The second kappa shape index (κ2) is 3.51. The molecule has 2 rings (SSSR count). The Bertz CT molecular complexity index is 595. The maximum Gasteiger partial charge on any atom is 0.354 e. The van der Waals surface area contributed by atoms with Crippen LogP contribution in [0, 0.1) is 6.92 Å². The van der Waals surface area contributed by atoms with Gasteiger partial charge in [0.2, 0.25) is 0 Å². The monoisotopic (exact) mass is 234 g/mol. The Hall–Kier alpha value is -1.98. The van der Waals surface area contributed by atoms with E-state index in [1.807, 2.05) is 20.8 Å². The minimum atomic E-state index is -1.03. The van der Waals surface area contributed by atoms with E-state index in [4.69, 9.17) is 5.11 Å². The van der Waals surface area contributed by atoms with E-state index in [9.17, 15) is 4.79 Å². The molecule has 90 valence electrons. The topological polar surface area (TPSA) is 80.4 Å². The van der Waals surface area contributed by atoms with Crippen molar-refractivity contribution in [3.63, 3.8) is 0 Å². The molecular weight excluding hydrogens is 220 g/mol. The number of fused-ring (bicyclic) bond motifs is 1. The van der Waals surface area contributed by atoms with Crippen LogP contribution >= 0.6 is 0 Å². The molecule has 0 aliphatic rings. The van der Waals surface area contributed by atoms with Gasteiger partial charge >= 0.3 is 5.97 Å². The highest BCUT2D eigenvalue weighted by Crippen LogP contribution is 2.21. The summed E-state index contributed by atoms with van der Waals surface area (Å²) >= 11 is 0. The van der Waals surface area contributed by atoms with Crippen LogP contribution in [-0.4, -0.2) is 30.7 Å². The highest BCUT2D eigenvalue weighted by Gasteiger charge is 2.21. The van der Waals surface area contributed by atoms with E-state index in [0.29, 0.717) is 17.3 Å². The predicted molar refractivity (Wildman–Crippen MR) is 61.2 cm³/mol. The number of rotatable bonds is 1. The number of aryl methyl sites for hydroxylation is 1. The van der Waals surface area contributed by atoms with Crippen molar-refractivity contribution in [2.45, 2.75) is 33.1 Å². The van der Waals surface area contributed by atoms with Gasteiger partial charge in [0.05, 0.1) is 5.69 Å². The predicted octanol–water partition coefficient (Wildman–Crippen LogP) is 1.43. The fourth-order valence-electron chi connectivity index (χ4n) is 1.51. The highest BCUT2D eigenvalue weighted by atomic mass is 16.4. The maximum absolute atomic E-state index is 11.2. The molecule has 0 aromatic carbocycles. The first kappa shape index (κ1) is 11.5. The maximum atomic E-state index is 11.2. The summed E-state index contributed by atoms with van der Waals surface area (Å²) in [6.07, 6.45) is 0. The number of nitrogens with zero attached hydrogens (tertiary/aromatic N) is 4. The Morgan fingerprint density at radius 1 is 1.35 bits per heavy atom. The van der Waals surface area contributed by atoms with E-state index in [1.165, 1.54) is 4.52 Å². The SMILES string of the molecule is Cc1nc2nc(C(C)(C)C)cc(C(=O)O)n2n1. The molecule has 17 heavy (non-hydrogen) atoms. The normalized spacial score (nSPS) is 12.0. The molecule has 0 amide bonds. The summed E-state index contributed by atoms with van der Waals surface area (Å²) in [6.45, 7) is 7.62. The van der Waals surface area contributed by atoms with Gasteiger partial charge in [0.1, 0.15) is 5.82 Å². The second-order valence-corrected chi connectivity index (χ2v) is 4.95. The van der Waals surface area contributed by atoms with Crippen LogP contribution in [0.1, 0.15) is 42.8 Å². The number of carboxylic acids is 1.